The van der Waals surface area contributed by atoms with E-state index in [4.69, 9.17) is 89.3 Å². The molecular weight excluding hydrogens is 1730 g/mol. The van der Waals surface area contributed by atoms with E-state index in [1.807, 2.05) is 54.6 Å². The largest absolute Gasteiger partial charge is 0.382 e. The van der Waals surface area contributed by atoms with Crippen molar-refractivity contribution in [1.82, 2.24) is 99.3 Å². The molecule has 0 bridgehead atoms. The van der Waals surface area contributed by atoms with Gasteiger partial charge in [-0.15, -0.1) is 11.3 Å². The van der Waals surface area contributed by atoms with Crippen molar-refractivity contribution in [2.45, 2.75) is 192 Å². The van der Waals surface area contributed by atoms with E-state index in [1.54, 1.807) is 58.4 Å². The predicted molar refractivity (Wildman–Crippen MR) is 518 cm³/mol. The first-order valence-electron chi connectivity index (χ1n) is 41.1. The summed E-state index contributed by atoms with van der Waals surface area (Å²) in [6.07, 6.45) is 17.1. The fourth-order valence-electron chi connectivity index (χ4n) is 13.7. The average Bonchev–Trinajstić information content (AvgIpc) is 1.65. The van der Waals surface area contributed by atoms with E-state index in [0.717, 1.165) is 181 Å². The first-order chi connectivity index (χ1) is 59.8. The Bertz CT molecular complexity index is 6030. The second-order valence-electron chi connectivity index (χ2n) is 30.9. The number of rotatable bonds is 32. The van der Waals surface area contributed by atoms with Crippen molar-refractivity contribution < 1.29 is 0 Å². The summed E-state index contributed by atoms with van der Waals surface area (Å²) in [6, 6.07) is 47.2. The molecule has 0 amide bonds. The number of allylic oxidation sites excluding steroid dienone is 4. The number of aromatic nitrogens is 16. The Morgan fingerprint density at radius 2 is 0.685 bits per heavy atom. The number of benzene rings is 6. The van der Waals surface area contributed by atoms with Gasteiger partial charge in [0.25, 0.3) is 0 Å². The number of nitrogens with two attached hydrogens (primary N) is 4. The van der Waals surface area contributed by atoms with E-state index in [1.165, 1.54) is 46.9 Å². The number of thiophene rings is 1. The highest BCUT2D eigenvalue weighted by Gasteiger charge is 2.23. The first kappa shape index (κ1) is 92.0. The van der Waals surface area contributed by atoms with E-state index in [2.05, 4.69) is 251 Å². The molecule has 9 aromatic heterocycles. The molecule has 0 fully saturated rings. The van der Waals surface area contributed by atoms with Gasteiger partial charge in [0.15, 0.2) is 88.6 Å². The third-order valence-corrected chi connectivity index (χ3v) is 25.2. The van der Waals surface area contributed by atoms with Crippen LogP contribution < -0.4 is 44.2 Å². The number of nitrogens with zero attached hydrogens (tertiary/aromatic N) is 16. The third-order valence-electron chi connectivity index (χ3n) is 19.5. The Hall–Kier alpha value is -9.70. The van der Waals surface area contributed by atoms with Gasteiger partial charge in [0.1, 0.15) is 25.3 Å². The topological polar surface area (TPSA) is 327 Å². The molecule has 9 heterocycles. The second kappa shape index (κ2) is 44.0. The van der Waals surface area contributed by atoms with Crippen LogP contribution in [0.2, 0.25) is 20.1 Å². The molecule has 6 aromatic carbocycles. The van der Waals surface area contributed by atoms with Crippen LogP contribution in [0, 0.1) is 13.8 Å². The lowest BCUT2D eigenvalue weighted by Gasteiger charge is -2.11. The summed E-state index contributed by atoms with van der Waals surface area (Å²) >= 11 is 33.8. The van der Waals surface area contributed by atoms with Crippen LogP contribution in [0.5, 0.6) is 0 Å². The van der Waals surface area contributed by atoms with Crippen molar-refractivity contribution in [3.63, 3.8) is 0 Å². The number of hydrogen-bond donors (Lipinski definition) is 8. The SMILES string of the molecule is CC(C)NCCCn1c(Sc2cc(Cl)cc(-c3cccs3)c2)nc2c(N)ncnc21.CC(C)NCCCn1c(Sc2cc(Cl)cc(C3=CC=CC3)c2)nc2c(N)ncnc21.Cc1cccc(-c2cc(Cl)cc(Sc3nc4c(N)ncnc4n3CCCNC(C)C)c2)c1.Cc1cccc(-c2cc(Cl)cc(Sc3nc4c(N)ncnc4n3CCCNC(C)C)c2)c1. The number of fused-ring (bicyclic) bond motifs is 4. The molecule has 33 heteroatoms. The van der Waals surface area contributed by atoms with Gasteiger partial charge in [-0.25, -0.2) is 59.8 Å². The van der Waals surface area contributed by atoms with E-state index in [0.29, 0.717) is 89.6 Å². The molecule has 644 valence electrons. The van der Waals surface area contributed by atoms with Crippen LogP contribution in [0.3, 0.4) is 0 Å². The van der Waals surface area contributed by atoms with Crippen molar-refractivity contribution in [2.24, 2.45) is 0 Å². The molecule has 0 saturated heterocycles. The van der Waals surface area contributed by atoms with Gasteiger partial charge in [-0.05, 0) is 195 Å². The minimum atomic E-state index is 0.391. The lowest BCUT2D eigenvalue weighted by molar-refractivity contribution is 0.525. The highest BCUT2D eigenvalue weighted by atomic mass is 35.5. The number of halogens is 4. The average molecular weight is 1830 g/mol. The molecule has 124 heavy (non-hydrogen) atoms. The summed E-state index contributed by atoms with van der Waals surface area (Å²) < 4.78 is 8.48. The summed E-state index contributed by atoms with van der Waals surface area (Å²) in [5.41, 5.74) is 40.3. The Balaban J connectivity index is 0.000000142. The number of nitrogens with one attached hydrogen (secondary N) is 4. The number of nitrogen functional groups attached to an aromatic ring is 4. The van der Waals surface area contributed by atoms with Gasteiger partial charge in [0.05, 0.1) is 0 Å². The van der Waals surface area contributed by atoms with Crippen molar-refractivity contribution in [2.75, 3.05) is 49.1 Å². The third kappa shape index (κ3) is 24.9. The molecule has 24 nitrogen and oxygen atoms in total. The monoisotopic (exact) mass is 1830 g/mol. The number of anilines is 4. The molecule has 12 N–H and O–H groups in total. The van der Waals surface area contributed by atoms with E-state index < -0.39 is 0 Å². The van der Waals surface area contributed by atoms with E-state index in [9.17, 15) is 0 Å². The van der Waals surface area contributed by atoms with Crippen LogP contribution in [0.1, 0.15) is 104 Å². The Labute approximate surface area is 764 Å². The number of aryl methyl sites for hydroxylation is 6. The summed E-state index contributed by atoms with van der Waals surface area (Å²) in [6.45, 7) is 28.1. The molecule has 15 aromatic rings. The number of imidazole rings is 4. The molecule has 0 radical (unpaired) electrons. The zero-order valence-electron chi connectivity index (χ0n) is 70.8. The second-order valence-corrected chi connectivity index (χ2v) is 37.8. The van der Waals surface area contributed by atoms with Gasteiger partial charge in [0, 0.05) is 94.9 Å². The standard InChI is InChI=1S/2C24H27ClN6S.C22H25ClN6S.C21H23ClN6S2/c2*1-15(2)27-8-5-9-31-23-21(22(26)28-14-29-23)30-24(31)32-20-12-18(11-19(25)13-20)17-7-4-6-16(3)10-17;1-14(2)25-8-5-9-29-21-19(20(24)26-13-27-21)28-22(29)30-18-11-16(10-17(23)12-18)15-6-3-4-7-15;1-13(2)24-6-4-7-28-20-18(19(23)25-12-26-20)27-21(28)30-16-10-14(9-15(22)11-16)17-5-3-8-29-17/h2*4,6-7,10-15,27H,5,8-9H2,1-3H3,(H2,26,28,29);3-4,6,10-14,25H,5,7-9H2,1-2H3,(H2,24,26,27);3,5,8-13,24H,4,6-7H2,1-2H3,(H2,23,25,26). The molecule has 16 rings (SSSR count). The molecule has 0 atom stereocenters. The van der Waals surface area contributed by atoms with Gasteiger partial charge in [-0.2, -0.15) is 0 Å². The fraction of sp³-hybridized carbons (Fsp3) is 0.297. The smallest absolute Gasteiger partial charge is 0.175 e. The van der Waals surface area contributed by atoms with Gasteiger partial charge in [-0.1, -0.05) is 233 Å². The van der Waals surface area contributed by atoms with Crippen LogP contribution in [-0.2, 0) is 26.2 Å². The lowest BCUT2D eigenvalue weighted by Crippen LogP contribution is -2.24. The number of hydrogen-bond acceptors (Lipinski definition) is 25. The lowest BCUT2D eigenvalue weighted by atomic mass is 10.0. The first-order valence-corrected chi connectivity index (χ1v) is 46.8. The highest BCUT2D eigenvalue weighted by Crippen LogP contribution is 2.42. The predicted octanol–water partition coefficient (Wildman–Crippen LogP) is 21.4. The maximum absolute atomic E-state index is 6.49. The van der Waals surface area contributed by atoms with Gasteiger partial charge >= 0.3 is 0 Å². The van der Waals surface area contributed by atoms with Crippen LogP contribution >= 0.6 is 105 Å². The van der Waals surface area contributed by atoms with Crippen LogP contribution in [-0.4, -0.2) is 128 Å². The van der Waals surface area contributed by atoms with Crippen molar-refractivity contribution in [1.29, 1.82) is 0 Å². The van der Waals surface area contributed by atoms with Crippen molar-refractivity contribution >= 4 is 178 Å². The summed E-state index contributed by atoms with van der Waals surface area (Å²) in [4.78, 5) is 58.6. The maximum Gasteiger partial charge on any atom is 0.175 e. The van der Waals surface area contributed by atoms with Gasteiger partial charge < -0.3 is 62.5 Å². The van der Waals surface area contributed by atoms with E-state index in [-0.39, 0.29) is 0 Å². The van der Waals surface area contributed by atoms with Gasteiger partial charge in [0.2, 0.25) is 0 Å². The summed E-state index contributed by atoms with van der Waals surface area (Å²) in [7, 11) is 0. The van der Waals surface area contributed by atoms with Gasteiger partial charge in [-0.3, -0.25) is 0 Å². The minimum Gasteiger partial charge on any atom is -0.382 e. The van der Waals surface area contributed by atoms with E-state index >= 15 is 0 Å². The van der Waals surface area contributed by atoms with Crippen molar-refractivity contribution in [3.05, 3.63) is 219 Å². The minimum absolute atomic E-state index is 0.391. The molecular formula is C91H102Cl4N24S5. The summed E-state index contributed by atoms with van der Waals surface area (Å²) in [5.74, 6) is 1.58. The molecule has 1 aliphatic rings. The molecule has 0 saturated carbocycles. The Morgan fingerprint density at radius 1 is 0.371 bits per heavy atom. The zero-order chi connectivity index (χ0) is 87.5. The van der Waals surface area contributed by atoms with Crippen LogP contribution in [0.4, 0.5) is 23.3 Å². The normalized spacial score (nSPS) is 12.0. The molecule has 0 unspecified atom stereocenters. The van der Waals surface area contributed by atoms with Crippen LogP contribution in [0.15, 0.2) is 223 Å². The summed E-state index contributed by atoms with van der Waals surface area (Å²) in [5, 5.41) is 22.0. The van der Waals surface area contributed by atoms with Crippen molar-refractivity contribution in [3.8, 4) is 32.7 Å². The fourth-order valence-corrected chi connectivity index (χ4v) is 19.6. The maximum atomic E-state index is 6.49. The van der Waals surface area contributed by atoms with Crippen LogP contribution in [0.25, 0.3) is 82.9 Å². The Morgan fingerprint density at radius 3 is 0.984 bits per heavy atom. The molecule has 0 spiro atoms. The highest BCUT2D eigenvalue weighted by molar-refractivity contribution is 8.00. The Kier molecular flexibility index (Phi) is 32.6. The molecule has 1 aliphatic carbocycles. The molecule has 0 aliphatic heterocycles. The zero-order valence-corrected chi connectivity index (χ0v) is 77.9. The quantitative estimate of drug-likeness (QED) is 0.0182.